The Kier molecular flexibility index (Phi) is 2.95. The Morgan fingerprint density at radius 3 is 2.62 bits per heavy atom. The highest BCUT2D eigenvalue weighted by Crippen LogP contribution is 2.31. The molecule has 0 spiro atoms. The third-order valence-corrected chi connectivity index (χ3v) is 3.81. The Hall–Kier alpha value is 0.390. The Morgan fingerprint density at radius 1 is 1.08 bits per heavy atom. The maximum atomic E-state index is 3.55. The average molecular weight is 412 g/mol. The smallest absolute Gasteiger partial charge is 0.0264 e. The molecule has 0 atom stereocenters. The van der Waals surface area contributed by atoms with Gasteiger partial charge >= 0.3 is 0 Å². The predicted octanol–water partition coefficient (Wildman–Crippen LogP) is 4.97. The van der Waals surface area contributed by atoms with Gasteiger partial charge in [0.15, 0.2) is 0 Å². The van der Waals surface area contributed by atoms with E-state index >= 15 is 0 Å². The van der Waals surface area contributed by atoms with Crippen LogP contribution in [0, 0.1) is 3.57 Å². The molecule has 0 aliphatic carbocycles. The molecule has 0 heterocycles. The first-order valence-corrected chi connectivity index (χ1v) is 6.38. The minimum Gasteiger partial charge on any atom is -0.0605 e. The van der Waals surface area contributed by atoms with Crippen LogP contribution in [0.3, 0.4) is 0 Å². The van der Waals surface area contributed by atoms with E-state index in [1.807, 2.05) is 0 Å². The van der Waals surface area contributed by atoms with Crippen molar-refractivity contribution in [3.63, 3.8) is 0 Å². The van der Waals surface area contributed by atoms with E-state index in [4.69, 9.17) is 0 Å². The summed E-state index contributed by atoms with van der Waals surface area (Å²) < 4.78 is 3.54. The van der Waals surface area contributed by atoms with E-state index in [0.29, 0.717) is 0 Å². The van der Waals surface area contributed by atoms with Crippen molar-refractivity contribution in [3.8, 4) is 0 Å². The SMILES string of the molecule is Brc1cc(I)c2c(Br)cccc2c1. The average Bonchev–Trinajstić information content (AvgIpc) is 2.02. The van der Waals surface area contributed by atoms with Gasteiger partial charge in [-0.1, -0.05) is 44.0 Å². The standard InChI is InChI=1S/C10H5Br2I/c11-7-4-6-2-1-3-8(12)10(6)9(13)5-7/h1-5H. The van der Waals surface area contributed by atoms with Crippen LogP contribution < -0.4 is 0 Å². The van der Waals surface area contributed by atoms with Gasteiger partial charge in [0.2, 0.25) is 0 Å². The zero-order chi connectivity index (χ0) is 9.42. The fourth-order valence-corrected chi connectivity index (χ4v) is 4.10. The predicted molar refractivity (Wildman–Crippen MR) is 72.1 cm³/mol. The maximum Gasteiger partial charge on any atom is 0.0264 e. The summed E-state index contributed by atoms with van der Waals surface area (Å²) in [4.78, 5) is 0. The van der Waals surface area contributed by atoms with Crippen LogP contribution in [0.25, 0.3) is 10.8 Å². The fourth-order valence-electron chi connectivity index (χ4n) is 1.30. The van der Waals surface area contributed by atoms with Gasteiger partial charge in [0.1, 0.15) is 0 Å². The minimum absolute atomic E-state index is 1.13. The first-order valence-electron chi connectivity index (χ1n) is 3.72. The number of halogens is 3. The van der Waals surface area contributed by atoms with E-state index in [1.54, 1.807) is 0 Å². The highest BCUT2D eigenvalue weighted by molar-refractivity contribution is 14.1. The number of rotatable bonds is 0. The van der Waals surface area contributed by atoms with Gasteiger partial charge in [0, 0.05) is 17.9 Å². The Labute approximate surface area is 107 Å². The molecule has 0 unspecified atom stereocenters. The van der Waals surface area contributed by atoms with Crippen LogP contribution in [0.15, 0.2) is 39.3 Å². The molecule has 2 rings (SSSR count). The highest BCUT2D eigenvalue weighted by atomic mass is 127. The lowest BCUT2D eigenvalue weighted by atomic mass is 10.1. The van der Waals surface area contributed by atoms with Crippen LogP contribution in [0.2, 0.25) is 0 Å². The third kappa shape index (κ3) is 1.92. The van der Waals surface area contributed by atoms with Crippen molar-refractivity contribution in [3.05, 3.63) is 42.8 Å². The second-order valence-corrected chi connectivity index (χ2v) is 5.66. The van der Waals surface area contributed by atoms with E-state index in [9.17, 15) is 0 Å². The Balaban J connectivity index is 2.94. The summed E-state index contributed by atoms with van der Waals surface area (Å²) >= 11 is 9.39. The fraction of sp³-hybridized carbons (Fsp3) is 0. The summed E-state index contributed by atoms with van der Waals surface area (Å²) in [5.41, 5.74) is 0. The van der Waals surface area contributed by atoms with E-state index < -0.39 is 0 Å². The topological polar surface area (TPSA) is 0 Å². The number of fused-ring (bicyclic) bond motifs is 1. The monoisotopic (exact) mass is 410 g/mol. The molecule has 2 aromatic rings. The van der Waals surface area contributed by atoms with Crippen molar-refractivity contribution in [2.24, 2.45) is 0 Å². The van der Waals surface area contributed by atoms with Gasteiger partial charge in [-0.05, 0) is 46.2 Å². The molecule has 2 aromatic carbocycles. The van der Waals surface area contributed by atoms with Crippen LogP contribution in [-0.2, 0) is 0 Å². The van der Waals surface area contributed by atoms with E-state index in [1.165, 1.54) is 14.3 Å². The van der Waals surface area contributed by atoms with Crippen LogP contribution in [0.5, 0.6) is 0 Å². The Morgan fingerprint density at radius 2 is 1.85 bits per heavy atom. The molecule has 0 aliphatic rings. The van der Waals surface area contributed by atoms with E-state index in [2.05, 4.69) is 84.8 Å². The third-order valence-electron chi connectivity index (χ3n) is 1.84. The zero-order valence-electron chi connectivity index (χ0n) is 6.52. The van der Waals surface area contributed by atoms with E-state index in [-0.39, 0.29) is 0 Å². The van der Waals surface area contributed by atoms with Gasteiger partial charge in [-0.2, -0.15) is 0 Å². The zero-order valence-corrected chi connectivity index (χ0v) is 11.9. The van der Waals surface area contributed by atoms with Gasteiger partial charge in [-0.15, -0.1) is 0 Å². The van der Waals surface area contributed by atoms with Crippen molar-refractivity contribution in [2.45, 2.75) is 0 Å². The van der Waals surface area contributed by atoms with E-state index in [0.717, 1.165) is 8.95 Å². The van der Waals surface area contributed by atoms with Crippen molar-refractivity contribution in [1.29, 1.82) is 0 Å². The second-order valence-electron chi connectivity index (χ2n) is 2.73. The molecule has 0 N–H and O–H groups in total. The quantitative estimate of drug-likeness (QED) is 0.537. The van der Waals surface area contributed by atoms with Crippen LogP contribution in [-0.4, -0.2) is 0 Å². The number of benzene rings is 2. The molecule has 66 valence electrons. The molecule has 3 heteroatoms. The minimum atomic E-state index is 1.13. The van der Waals surface area contributed by atoms with Gasteiger partial charge in [-0.3, -0.25) is 0 Å². The molecular weight excluding hydrogens is 407 g/mol. The number of hydrogen-bond acceptors (Lipinski definition) is 0. The maximum absolute atomic E-state index is 3.55. The Bertz CT molecular complexity index is 466. The molecule has 0 aliphatic heterocycles. The summed E-state index contributed by atoms with van der Waals surface area (Å²) in [5, 5.41) is 2.54. The summed E-state index contributed by atoms with van der Waals surface area (Å²) in [6, 6.07) is 10.5. The van der Waals surface area contributed by atoms with Crippen molar-refractivity contribution >= 4 is 65.2 Å². The molecule has 0 nitrogen and oxygen atoms in total. The van der Waals surface area contributed by atoms with Gasteiger partial charge in [0.05, 0.1) is 0 Å². The lowest BCUT2D eigenvalue weighted by Crippen LogP contribution is -1.79. The molecular formula is C10H5Br2I. The summed E-state index contributed by atoms with van der Waals surface area (Å²) in [5.74, 6) is 0. The molecule has 0 aromatic heterocycles. The molecule has 13 heavy (non-hydrogen) atoms. The molecule has 0 amide bonds. The first kappa shape index (κ1) is 9.93. The highest BCUT2D eigenvalue weighted by Gasteiger charge is 2.03. The van der Waals surface area contributed by atoms with Crippen LogP contribution in [0.1, 0.15) is 0 Å². The van der Waals surface area contributed by atoms with Crippen molar-refractivity contribution < 1.29 is 0 Å². The molecule has 0 saturated heterocycles. The van der Waals surface area contributed by atoms with Gasteiger partial charge in [0.25, 0.3) is 0 Å². The second kappa shape index (κ2) is 3.87. The molecule has 0 radical (unpaired) electrons. The normalized spacial score (nSPS) is 10.7. The number of hydrogen-bond donors (Lipinski definition) is 0. The molecule has 0 fully saturated rings. The summed E-state index contributed by atoms with van der Waals surface area (Å²) in [6.07, 6.45) is 0. The largest absolute Gasteiger partial charge is 0.0605 e. The lowest BCUT2D eigenvalue weighted by Gasteiger charge is -2.03. The van der Waals surface area contributed by atoms with Crippen LogP contribution >= 0.6 is 54.5 Å². The molecule has 0 saturated carbocycles. The van der Waals surface area contributed by atoms with Crippen LogP contribution in [0.4, 0.5) is 0 Å². The summed E-state index contributed by atoms with van der Waals surface area (Å²) in [7, 11) is 0. The first-order chi connectivity index (χ1) is 6.18. The van der Waals surface area contributed by atoms with Crippen molar-refractivity contribution in [2.75, 3.05) is 0 Å². The summed E-state index contributed by atoms with van der Waals surface area (Å²) in [6.45, 7) is 0. The van der Waals surface area contributed by atoms with Crippen molar-refractivity contribution in [1.82, 2.24) is 0 Å². The molecule has 0 bridgehead atoms. The lowest BCUT2D eigenvalue weighted by molar-refractivity contribution is 1.64. The van der Waals surface area contributed by atoms with Gasteiger partial charge < -0.3 is 0 Å². The van der Waals surface area contributed by atoms with Gasteiger partial charge in [-0.25, -0.2) is 0 Å².